The number of aromatic nitrogens is 4. The molecule has 1 aliphatic carbocycles. The molecule has 2 N–H and O–H groups in total. The molecule has 1 aliphatic heterocycles. The van der Waals surface area contributed by atoms with Crippen LogP contribution in [0.2, 0.25) is 0 Å². The highest BCUT2D eigenvalue weighted by Crippen LogP contribution is 2.28. The van der Waals surface area contributed by atoms with Gasteiger partial charge in [-0.05, 0) is 58.0 Å². The van der Waals surface area contributed by atoms with Crippen molar-refractivity contribution >= 4 is 17.1 Å². The molecule has 31 heavy (non-hydrogen) atoms. The zero-order valence-electron chi connectivity index (χ0n) is 18.6. The molecule has 3 heterocycles. The molecule has 3 aromatic rings. The van der Waals surface area contributed by atoms with Crippen LogP contribution in [0.15, 0.2) is 30.3 Å². The lowest BCUT2D eigenvalue weighted by molar-refractivity contribution is 0.339. The maximum Gasteiger partial charge on any atom is 0.225 e. The van der Waals surface area contributed by atoms with Gasteiger partial charge in [0.15, 0.2) is 5.65 Å². The van der Waals surface area contributed by atoms with Crippen LogP contribution in [0.3, 0.4) is 0 Å². The second-order valence-electron chi connectivity index (χ2n) is 9.22. The van der Waals surface area contributed by atoms with Crippen LogP contribution in [0.5, 0.6) is 0 Å². The third-order valence-corrected chi connectivity index (χ3v) is 6.96. The minimum Gasteiger partial charge on any atom is -0.351 e. The number of hydrogen-bond acceptors (Lipinski definition) is 5. The van der Waals surface area contributed by atoms with Crippen molar-refractivity contribution in [2.75, 3.05) is 18.4 Å². The lowest BCUT2D eigenvalue weighted by atomic mass is 9.95. The van der Waals surface area contributed by atoms with E-state index in [0.717, 1.165) is 59.7 Å². The van der Waals surface area contributed by atoms with Crippen molar-refractivity contribution in [1.82, 2.24) is 24.8 Å². The number of imidazole rings is 1. The fourth-order valence-corrected chi connectivity index (χ4v) is 5.13. The van der Waals surface area contributed by atoms with Crippen LogP contribution in [-0.4, -0.2) is 38.7 Å². The Bertz CT molecular complexity index is 1000. The zero-order chi connectivity index (χ0) is 21.0. The summed E-state index contributed by atoms with van der Waals surface area (Å²) in [5.74, 6) is 2.54. The second-order valence-corrected chi connectivity index (χ2v) is 9.22. The van der Waals surface area contributed by atoms with E-state index in [1.54, 1.807) is 0 Å². The van der Waals surface area contributed by atoms with Gasteiger partial charge in [0.05, 0.1) is 5.69 Å². The maximum atomic E-state index is 5.03. The summed E-state index contributed by atoms with van der Waals surface area (Å²) in [6, 6.07) is 11.0. The lowest BCUT2D eigenvalue weighted by Crippen LogP contribution is -2.28. The Morgan fingerprint density at radius 1 is 0.968 bits per heavy atom. The Labute approximate surface area is 184 Å². The van der Waals surface area contributed by atoms with Gasteiger partial charge in [-0.1, -0.05) is 49.6 Å². The van der Waals surface area contributed by atoms with Crippen LogP contribution < -0.4 is 10.6 Å². The van der Waals surface area contributed by atoms with E-state index in [1.807, 2.05) is 0 Å². The molecule has 6 heteroatoms. The number of aryl methyl sites for hydroxylation is 2. The minimum absolute atomic E-state index is 0.491. The van der Waals surface area contributed by atoms with Crippen LogP contribution in [0.1, 0.15) is 57.1 Å². The van der Waals surface area contributed by atoms with E-state index in [-0.39, 0.29) is 0 Å². The molecule has 0 radical (unpaired) electrons. The van der Waals surface area contributed by atoms with E-state index >= 15 is 0 Å². The van der Waals surface area contributed by atoms with Gasteiger partial charge in [-0.2, -0.15) is 4.98 Å². The first-order valence-electron chi connectivity index (χ1n) is 12.1. The topological polar surface area (TPSA) is 67.7 Å². The monoisotopic (exact) mass is 418 g/mol. The zero-order valence-corrected chi connectivity index (χ0v) is 18.6. The summed E-state index contributed by atoms with van der Waals surface area (Å²) in [5, 5.41) is 7.10. The molecule has 0 atom stereocenters. The quantitative estimate of drug-likeness (QED) is 0.594. The number of benzene rings is 1. The van der Waals surface area contributed by atoms with Crippen LogP contribution >= 0.6 is 0 Å². The minimum atomic E-state index is 0.491. The maximum absolute atomic E-state index is 5.03. The van der Waals surface area contributed by atoms with E-state index in [1.165, 1.54) is 51.4 Å². The smallest absolute Gasteiger partial charge is 0.225 e. The number of nitrogens with one attached hydrogen (secondary N) is 2. The molecule has 2 fully saturated rings. The Kier molecular flexibility index (Phi) is 6.16. The average Bonchev–Trinajstić information content (AvgIpc) is 3.19. The number of fused-ring (bicyclic) bond motifs is 1. The van der Waals surface area contributed by atoms with Crippen molar-refractivity contribution in [1.29, 1.82) is 0 Å². The largest absolute Gasteiger partial charge is 0.351 e. The van der Waals surface area contributed by atoms with Crippen LogP contribution in [0, 0.1) is 12.8 Å². The SMILES string of the molecule is Cc1nc(NC2CCCCC2)nc2c1nc(-c1ccccc1)n2CCC1CCNCC1. The van der Waals surface area contributed by atoms with Gasteiger partial charge in [-0.15, -0.1) is 0 Å². The van der Waals surface area contributed by atoms with Crippen molar-refractivity contribution in [3.63, 3.8) is 0 Å². The van der Waals surface area contributed by atoms with Crippen molar-refractivity contribution in [2.45, 2.75) is 70.9 Å². The van der Waals surface area contributed by atoms with Gasteiger partial charge in [0.1, 0.15) is 11.3 Å². The summed E-state index contributed by atoms with van der Waals surface area (Å²) in [4.78, 5) is 14.8. The Morgan fingerprint density at radius 2 is 1.74 bits per heavy atom. The van der Waals surface area contributed by atoms with Crippen molar-refractivity contribution in [3.05, 3.63) is 36.0 Å². The molecule has 1 saturated heterocycles. The standard InChI is InChI=1S/C25H34N6/c1-18-22-24(30-25(27-18)28-21-10-6-3-7-11-21)31(17-14-19-12-15-26-16-13-19)23(29-22)20-8-4-2-5-9-20/h2,4-5,8-9,19,21,26H,3,6-7,10-17H2,1H3,(H,27,28,30). The molecule has 2 aromatic heterocycles. The molecule has 0 spiro atoms. The predicted octanol–water partition coefficient (Wildman–Crippen LogP) is 4.94. The first kappa shape index (κ1) is 20.4. The Morgan fingerprint density at radius 3 is 2.52 bits per heavy atom. The highest BCUT2D eigenvalue weighted by molar-refractivity contribution is 5.80. The number of piperidine rings is 1. The summed E-state index contributed by atoms with van der Waals surface area (Å²) >= 11 is 0. The molecular weight excluding hydrogens is 384 g/mol. The van der Waals surface area contributed by atoms with Gasteiger partial charge < -0.3 is 15.2 Å². The second kappa shape index (κ2) is 9.35. The Hall–Kier alpha value is -2.47. The molecule has 1 aromatic carbocycles. The molecule has 1 saturated carbocycles. The summed E-state index contributed by atoms with van der Waals surface area (Å²) in [6.07, 6.45) is 10.1. The van der Waals surface area contributed by atoms with E-state index < -0.39 is 0 Å². The molecule has 2 aliphatic rings. The summed E-state index contributed by atoms with van der Waals surface area (Å²) < 4.78 is 2.34. The van der Waals surface area contributed by atoms with E-state index in [2.05, 4.69) is 52.5 Å². The van der Waals surface area contributed by atoms with Gasteiger partial charge in [0, 0.05) is 18.2 Å². The Balaban J connectivity index is 1.50. The van der Waals surface area contributed by atoms with Crippen molar-refractivity contribution in [2.24, 2.45) is 5.92 Å². The summed E-state index contributed by atoms with van der Waals surface area (Å²) in [5.41, 5.74) is 4.00. The highest BCUT2D eigenvalue weighted by Gasteiger charge is 2.21. The van der Waals surface area contributed by atoms with E-state index in [0.29, 0.717) is 6.04 Å². The molecule has 5 rings (SSSR count). The molecule has 164 valence electrons. The number of anilines is 1. The van der Waals surface area contributed by atoms with Gasteiger partial charge >= 0.3 is 0 Å². The first-order chi connectivity index (χ1) is 15.3. The van der Waals surface area contributed by atoms with Gasteiger partial charge in [-0.3, -0.25) is 0 Å². The summed E-state index contributed by atoms with van der Waals surface area (Å²) in [7, 11) is 0. The van der Waals surface area contributed by atoms with Crippen LogP contribution in [0.25, 0.3) is 22.6 Å². The molecule has 6 nitrogen and oxygen atoms in total. The van der Waals surface area contributed by atoms with Crippen molar-refractivity contribution in [3.8, 4) is 11.4 Å². The summed E-state index contributed by atoms with van der Waals surface area (Å²) in [6.45, 7) is 5.29. The van der Waals surface area contributed by atoms with E-state index in [4.69, 9.17) is 15.0 Å². The first-order valence-corrected chi connectivity index (χ1v) is 12.1. The number of nitrogens with zero attached hydrogens (tertiary/aromatic N) is 4. The predicted molar refractivity (Wildman–Crippen MR) is 126 cm³/mol. The molecule has 0 bridgehead atoms. The van der Waals surface area contributed by atoms with E-state index in [9.17, 15) is 0 Å². The van der Waals surface area contributed by atoms with Crippen molar-refractivity contribution < 1.29 is 0 Å². The van der Waals surface area contributed by atoms with Gasteiger partial charge in [0.25, 0.3) is 0 Å². The van der Waals surface area contributed by atoms with Crippen LogP contribution in [-0.2, 0) is 6.54 Å². The average molecular weight is 419 g/mol. The fourth-order valence-electron chi connectivity index (χ4n) is 5.13. The molecular formula is C25H34N6. The molecule has 0 unspecified atom stereocenters. The number of hydrogen-bond donors (Lipinski definition) is 2. The van der Waals surface area contributed by atoms with Gasteiger partial charge in [0.2, 0.25) is 5.95 Å². The van der Waals surface area contributed by atoms with Gasteiger partial charge in [-0.25, -0.2) is 9.97 Å². The molecule has 0 amide bonds. The van der Waals surface area contributed by atoms with Crippen LogP contribution in [0.4, 0.5) is 5.95 Å². The highest BCUT2D eigenvalue weighted by atomic mass is 15.2. The number of rotatable bonds is 6. The normalized spacial score (nSPS) is 18.5. The third kappa shape index (κ3) is 4.59. The lowest BCUT2D eigenvalue weighted by Gasteiger charge is -2.23. The third-order valence-electron chi connectivity index (χ3n) is 6.96. The fraction of sp³-hybridized carbons (Fsp3) is 0.560.